The summed E-state index contributed by atoms with van der Waals surface area (Å²) in [5.74, 6) is -2.41. The molecule has 0 spiro atoms. The zero-order chi connectivity index (χ0) is 20.7. The van der Waals surface area contributed by atoms with Crippen molar-refractivity contribution in [2.45, 2.75) is 31.7 Å². The lowest BCUT2D eigenvalue weighted by Gasteiger charge is -2.43. The van der Waals surface area contributed by atoms with Gasteiger partial charge in [0.1, 0.15) is 23.2 Å². The van der Waals surface area contributed by atoms with Gasteiger partial charge in [-0.3, -0.25) is 4.90 Å². The summed E-state index contributed by atoms with van der Waals surface area (Å²) in [6.45, 7) is 3.68. The Hall–Kier alpha value is -2.54. The average molecular weight is 405 g/mol. The van der Waals surface area contributed by atoms with Crippen LogP contribution >= 0.6 is 0 Å². The Morgan fingerprint density at radius 1 is 1.14 bits per heavy atom. The minimum Gasteiger partial charge on any atom is -0.493 e. The van der Waals surface area contributed by atoms with Crippen molar-refractivity contribution in [1.29, 1.82) is 0 Å². The van der Waals surface area contributed by atoms with Gasteiger partial charge in [-0.05, 0) is 55.0 Å². The molecule has 1 heterocycles. The van der Waals surface area contributed by atoms with Crippen LogP contribution in [0.25, 0.3) is 0 Å². The number of ether oxygens (including phenoxy) is 1. The van der Waals surface area contributed by atoms with Crippen molar-refractivity contribution in [2.75, 3.05) is 19.7 Å². The quantitative estimate of drug-likeness (QED) is 0.722. The van der Waals surface area contributed by atoms with Gasteiger partial charge in [-0.2, -0.15) is 0 Å². The molecule has 154 valence electrons. The highest BCUT2D eigenvalue weighted by atomic mass is 19.1. The Bertz CT molecular complexity index is 919. The molecule has 1 N–H and O–H groups in total. The summed E-state index contributed by atoms with van der Waals surface area (Å²) >= 11 is 0. The zero-order valence-corrected chi connectivity index (χ0v) is 16.0. The van der Waals surface area contributed by atoms with E-state index in [0.29, 0.717) is 31.0 Å². The third kappa shape index (κ3) is 4.24. The first kappa shape index (κ1) is 19.8. The monoisotopic (exact) mass is 405 g/mol. The number of rotatable bonds is 7. The maximum Gasteiger partial charge on any atom is 0.338 e. The third-order valence-corrected chi connectivity index (χ3v) is 5.72. The van der Waals surface area contributed by atoms with Crippen molar-refractivity contribution in [2.24, 2.45) is 5.92 Å². The van der Waals surface area contributed by atoms with E-state index in [1.165, 1.54) is 24.3 Å². The highest BCUT2D eigenvalue weighted by Gasteiger charge is 2.33. The van der Waals surface area contributed by atoms with E-state index in [-0.39, 0.29) is 23.4 Å². The second kappa shape index (κ2) is 7.71. The van der Waals surface area contributed by atoms with Crippen molar-refractivity contribution < 1.29 is 27.8 Å². The van der Waals surface area contributed by atoms with Gasteiger partial charge in [0, 0.05) is 37.2 Å². The first-order valence-corrected chi connectivity index (χ1v) is 9.71. The molecule has 1 aliphatic carbocycles. The molecular formula is C22H22F3NO3. The van der Waals surface area contributed by atoms with E-state index in [0.717, 1.165) is 24.5 Å². The molecule has 1 saturated heterocycles. The Balaban J connectivity index is 1.37. The van der Waals surface area contributed by atoms with Crippen molar-refractivity contribution >= 4 is 5.97 Å². The number of carboxylic acids is 1. The van der Waals surface area contributed by atoms with Crippen LogP contribution in [0.3, 0.4) is 0 Å². The smallest absolute Gasteiger partial charge is 0.338 e. The lowest BCUT2D eigenvalue weighted by Crippen LogP contribution is -2.50. The van der Waals surface area contributed by atoms with E-state index >= 15 is 0 Å². The molecule has 1 atom stereocenters. The zero-order valence-electron chi connectivity index (χ0n) is 16.0. The van der Waals surface area contributed by atoms with Gasteiger partial charge in [0.05, 0.1) is 12.2 Å². The van der Waals surface area contributed by atoms with Crippen LogP contribution in [0.15, 0.2) is 30.3 Å². The summed E-state index contributed by atoms with van der Waals surface area (Å²) in [5, 5.41) is 9.12. The minimum atomic E-state index is -1.28. The Labute approximate surface area is 166 Å². The topological polar surface area (TPSA) is 49.8 Å². The summed E-state index contributed by atoms with van der Waals surface area (Å²) in [6.07, 6.45) is 1.89. The number of halogens is 3. The molecule has 0 bridgehead atoms. The molecule has 1 aliphatic heterocycles. The van der Waals surface area contributed by atoms with Crippen LogP contribution in [0.5, 0.6) is 5.75 Å². The lowest BCUT2D eigenvalue weighted by atomic mass is 9.95. The molecule has 0 radical (unpaired) electrons. The number of carboxylic acid groups (broad SMARTS) is 1. The molecule has 29 heavy (non-hydrogen) atoms. The fourth-order valence-electron chi connectivity index (χ4n) is 3.84. The Morgan fingerprint density at radius 3 is 2.38 bits per heavy atom. The van der Waals surface area contributed by atoms with Crippen LogP contribution in [0.2, 0.25) is 0 Å². The molecule has 2 aromatic carbocycles. The molecule has 1 unspecified atom stereocenters. The van der Waals surface area contributed by atoms with E-state index < -0.39 is 23.4 Å². The third-order valence-electron chi connectivity index (χ3n) is 5.72. The van der Waals surface area contributed by atoms with Crippen LogP contribution in [-0.4, -0.2) is 35.7 Å². The number of hydrogen-bond acceptors (Lipinski definition) is 3. The summed E-state index contributed by atoms with van der Waals surface area (Å²) in [6, 6.07) is 5.98. The van der Waals surface area contributed by atoms with E-state index in [4.69, 9.17) is 9.84 Å². The van der Waals surface area contributed by atoms with E-state index in [1.54, 1.807) is 0 Å². The lowest BCUT2D eigenvalue weighted by molar-refractivity contribution is 0.0305. The van der Waals surface area contributed by atoms with Gasteiger partial charge >= 0.3 is 5.97 Å². The van der Waals surface area contributed by atoms with Crippen LogP contribution in [0, 0.1) is 23.4 Å². The van der Waals surface area contributed by atoms with Gasteiger partial charge in [0.2, 0.25) is 0 Å². The first-order chi connectivity index (χ1) is 13.8. The second-order valence-corrected chi connectivity index (χ2v) is 7.96. The summed E-state index contributed by atoms with van der Waals surface area (Å²) < 4.78 is 46.8. The standard InChI is InChI=1S/C22H22F3NO3/c1-12(15-4-16(23)6-17(24)5-15)26-9-13(10-26)11-29-21-8-20(25)19(22(27)28)7-18(21)14-2-3-14/h4-8,12-14H,2-3,9-11H2,1H3,(H,27,28). The number of nitrogens with zero attached hydrogens (tertiary/aromatic N) is 1. The van der Waals surface area contributed by atoms with Crippen LogP contribution in [0.4, 0.5) is 13.2 Å². The van der Waals surface area contributed by atoms with E-state index in [9.17, 15) is 18.0 Å². The molecule has 4 nitrogen and oxygen atoms in total. The molecule has 0 aromatic heterocycles. The summed E-state index contributed by atoms with van der Waals surface area (Å²) in [7, 11) is 0. The SMILES string of the molecule is CC(c1cc(F)cc(F)c1)N1CC(COc2cc(F)c(C(=O)O)cc2C2CC2)C1. The van der Waals surface area contributed by atoms with Crippen molar-refractivity contribution in [1.82, 2.24) is 4.90 Å². The van der Waals surface area contributed by atoms with Crippen molar-refractivity contribution in [3.05, 3.63) is 64.5 Å². The first-order valence-electron chi connectivity index (χ1n) is 9.71. The molecule has 4 rings (SSSR count). The van der Waals surface area contributed by atoms with E-state index in [1.807, 2.05) is 6.92 Å². The van der Waals surface area contributed by atoms with Gasteiger partial charge in [-0.25, -0.2) is 18.0 Å². The molecule has 1 saturated carbocycles. The maximum absolute atomic E-state index is 14.1. The highest BCUT2D eigenvalue weighted by molar-refractivity contribution is 5.88. The summed E-state index contributed by atoms with van der Waals surface area (Å²) in [4.78, 5) is 13.3. The molecule has 7 heteroatoms. The van der Waals surface area contributed by atoms with Crippen molar-refractivity contribution in [3.63, 3.8) is 0 Å². The van der Waals surface area contributed by atoms with Crippen LogP contribution in [0.1, 0.15) is 53.2 Å². The number of carbonyl (C=O) groups is 1. The van der Waals surface area contributed by atoms with Crippen LogP contribution < -0.4 is 4.74 Å². The predicted molar refractivity (Wildman–Crippen MR) is 101 cm³/mol. The number of likely N-dealkylation sites (tertiary alicyclic amines) is 1. The molecule has 2 fully saturated rings. The number of aromatic carboxylic acids is 1. The normalized spacial score (nSPS) is 18.3. The van der Waals surface area contributed by atoms with Crippen molar-refractivity contribution in [3.8, 4) is 5.75 Å². The molecule has 2 aromatic rings. The fraction of sp³-hybridized carbons (Fsp3) is 0.409. The van der Waals surface area contributed by atoms with Gasteiger partial charge in [-0.15, -0.1) is 0 Å². The highest BCUT2D eigenvalue weighted by Crippen LogP contribution is 2.45. The molecule has 2 aliphatic rings. The maximum atomic E-state index is 14.1. The number of benzene rings is 2. The molecule has 0 amide bonds. The predicted octanol–water partition coefficient (Wildman–Crippen LogP) is 4.75. The number of hydrogen-bond donors (Lipinski definition) is 1. The van der Waals surface area contributed by atoms with Gasteiger partial charge in [0.25, 0.3) is 0 Å². The Morgan fingerprint density at radius 2 is 1.79 bits per heavy atom. The fourth-order valence-corrected chi connectivity index (χ4v) is 3.84. The molecular weight excluding hydrogens is 383 g/mol. The van der Waals surface area contributed by atoms with Gasteiger partial charge in [0.15, 0.2) is 0 Å². The average Bonchev–Trinajstić information content (AvgIpc) is 3.44. The van der Waals surface area contributed by atoms with Gasteiger partial charge < -0.3 is 9.84 Å². The minimum absolute atomic E-state index is 0.120. The second-order valence-electron chi connectivity index (χ2n) is 7.96. The summed E-state index contributed by atoms with van der Waals surface area (Å²) in [5.41, 5.74) is 1.01. The Kier molecular flexibility index (Phi) is 5.25. The van der Waals surface area contributed by atoms with E-state index in [2.05, 4.69) is 4.90 Å². The van der Waals surface area contributed by atoms with Gasteiger partial charge in [-0.1, -0.05) is 0 Å². The largest absolute Gasteiger partial charge is 0.493 e. The van der Waals surface area contributed by atoms with Crippen LogP contribution in [-0.2, 0) is 0 Å².